The summed E-state index contributed by atoms with van der Waals surface area (Å²) in [6.45, 7) is 4.04. The first-order chi connectivity index (χ1) is 9.53. The third kappa shape index (κ3) is 4.02. The zero-order valence-corrected chi connectivity index (χ0v) is 11.7. The lowest BCUT2D eigenvalue weighted by atomic mass is 10.1. The minimum atomic E-state index is -0.555. The largest absolute Gasteiger partial charge is 0.395 e. The standard InChI is InChI=1S/C12H20N4O4/c1-3-10(4-2)15(5-6-17)12(18)9-14-8-11(7-13-14)16(19)20/h7-8,10,17H,3-6,9H2,1-2H3. The Hall–Kier alpha value is -1.96. The highest BCUT2D eigenvalue weighted by molar-refractivity contribution is 5.76. The summed E-state index contributed by atoms with van der Waals surface area (Å²) in [4.78, 5) is 23.8. The SMILES string of the molecule is CCC(CC)N(CCO)C(=O)Cn1cc([N+](=O)[O-])cn1. The third-order valence-electron chi connectivity index (χ3n) is 3.17. The van der Waals surface area contributed by atoms with Crippen LogP contribution in [-0.4, -0.2) is 49.8 Å². The van der Waals surface area contributed by atoms with Gasteiger partial charge in [-0.2, -0.15) is 5.10 Å². The first-order valence-corrected chi connectivity index (χ1v) is 6.60. The fraction of sp³-hybridized carbons (Fsp3) is 0.667. The number of amides is 1. The molecule has 112 valence electrons. The minimum absolute atomic E-state index is 0.0557. The topological polar surface area (TPSA) is 102 Å². The van der Waals surface area contributed by atoms with Gasteiger partial charge < -0.3 is 10.0 Å². The predicted molar refractivity (Wildman–Crippen MR) is 72.1 cm³/mol. The van der Waals surface area contributed by atoms with Crippen LogP contribution in [0.5, 0.6) is 0 Å². The molecule has 0 aliphatic rings. The Morgan fingerprint density at radius 1 is 1.55 bits per heavy atom. The second kappa shape index (κ2) is 7.59. The van der Waals surface area contributed by atoms with Crippen molar-refractivity contribution in [3.63, 3.8) is 0 Å². The highest BCUT2D eigenvalue weighted by Gasteiger charge is 2.21. The number of rotatable bonds is 8. The van der Waals surface area contributed by atoms with E-state index < -0.39 is 4.92 Å². The first-order valence-electron chi connectivity index (χ1n) is 6.60. The lowest BCUT2D eigenvalue weighted by Gasteiger charge is -2.30. The van der Waals surface area contributed by atoms with E-state index in [2.05, 4.69) is 5.10 Å². The molecule has 8 nitrogen and oxygen atoms in total. The van der Waals surface area contributed by atoms with Gasteiger partial charge in [-0.05, 0) is 12.8 Å². The van der Waals surface area contributed by atoms with E-state index in [0.29, 0.717) is 0 Å². The average Bonchev–Trinajstić information content (AvgIpc) is 2.87. The lowest BCUT2D eigenvalue weighted by molar-refractivity contribution is -0.385. The summed E-state index contributed by atoms with van der Waals surface area (Å²) < 4.78 is 1.24. The Bertz CT molecular complexity index is 456. The Morgan fingerprint density at radius 3 is 2.65 bits per heavy atom. The summed E-state index contributed by atoms with van der Waals surface area (Å²) in [5, 5.41) is 23.4. The van der Waals surface area contributed by atoms with Crippen LogP contribution in [0.15, 0.2) is 12.4 Å². The van der Waals surface area contributed by atoms with Crippen LogP contribution < -0.4 is 0 Å². The van der Waals surface area contributed by atoms with Crippen molar-refractivity contribution in [3.05, 3.63) is 22.5 Å². The molecule has 0 atom stereocenters. The van der Waals surface area contributed by atoms with Crippen LogP contribution in [0.4, 0.5) is 5.69 Å². The number of nitro groups is 1. The fourth-order valence-electron chi connectivity index (χ4n) is 2.11. The fourth-order valence-corrected chi connectivity index (χ4v) is 2.11. The van der Waals surface area contributed by atoms with Crippen molar-refractivity contribution in [2.45, 2.75) is 39.3 Å². The van der Waals surface area contributed by atoms with Gasteiger partial charge in [-0.1, -0.05) is 13.8 Å². The Balaban J connectivity index is 2.76. The molecule has 0 bridgehead atoms. The molecule has 0 unspecified atom stereocenters. The van der Waals surface area contributed by atoms with E-state index in [9.17, 15) is 14.9 Å². The number of aromatic nitrogens is 2. The molecule has 0 fully saturated rings. The monoisotopic (exact) mass is 284 g/mol. The minimum Gasteiger partial charge on any atom is -0.395 e. The molecular formula is C12H20N4O4. The summed E-state index contributed by atoms with van der Waals surface area (Å²) in [6, 6.07) is 0.0557. The highest BCUT2D eigenvalue weighted by atomic mass is 16.6. The van der Waals surface area contributed by atoms with Gasteiger partial charge in [0.25, 0.3) is 0 Å². The van der Waals surface area contributed by atoms with Crippen molar-refractivity contribution >= 4 is 11.6 Å². The Labute approximate surface area is 117 Å². The van der Waals surface area contributed by atoms with Crippen LogP contribution in [0.1, 0.15) is 26.7 Å². The van der Waals surface area contributed by atoms with Gasteiger partial charge >= 0.3 is 5.69 Å². The molecule has 1 N–H and O–H groups in total. The summed E-state index contributed by atoms with van der Waals surface area (Å²) >= 11 is 0. The van der Waals surface area contributed by atoms with Gasteiger partial charge in [-0.25, -0.2) is 0 Å². The molecule has 0 aromatic carbocycles. The van der Waals surface area contributed by atoms with Gasteiger partial charge in [0.05, 0.1) is 11.5 Å². The molecule has 8 heteroatoms. The average molecular weight is 284 g/mol. The van der Waals surface area contributed by atoms with Crippen molar-refractivity contribution in [2.75, 3.05) is 13.2 Å². The molecule has 1 aromatic heterocycles. The van der Waals surface area contributed by atoms with Crippen LogP contribution in [0.2, 0.25) is 0 Å². The number of nitrogens with zero attached hydrogens (tertiary/aromatic N) is 4. The maximum absolute atomic E-state index is 12.2. The molecule has 0 saturated carbocycles. The Morgan fingerprint density at radius 2 is 2.20 bits per heavy atom. The molecule has 0 saturated heterocycles. The molecule has 1 aromatic rings. The quantitative estimate of drug-likeness (QED) is 0.562. The van der Waals surface area contributed by atoms with Crippen LogP contribution in [0, 0.1) is 10.1 Å². The molecule has 20 heavy (non-hydrogen) atoms. The van der Waals surface area contributed by atoms with Gasteiger partial charge in [0.1, 0.15) is 18.9 Å². The van der Waals surface area contributed by atoms with Gasteiger partial charge in [-0.3, -0.25) is 19.6 Å². The number of carbonyl (C=O) groups excluding carboxylic acids is 1. The summed E-state index contributed by atoms with van der Waals surface area (Å²) in [7, 11) is 0. The molecule has 1 amide bonds. The highest BCUT2D eigenvalue weighted by Crippen LogP contribution is 2.11. The van der Waals surface area contributed by atoms with Gasteiger partial charge in [0.15, 0.2) is 0 Å². The zero-order valence-electron chi connectivity index (χ0n) is 11.7. The summed E-state index contributed by atoms with van der Waals surface area (Å²) in [6.07, 6.45) is 3.92. The smallest absolute Gasteiger partial charge is 0.307 e. The van der Waals surface area contributed by atoms with Gasteiger partial charge in [0.2, 0.25) is 5.91 Å². The van der Waals surface area contributed by atoms with Gasteiger partial charge in [0, 0.05) is 12.6 Å². The number of carbonyl (C=O) groups is 1. The van der Waals surface area contributed by atoms with Crippen molar-refractivity contribution in [1.82, 2.24) is 14.7 Å². The number of hydrogen-bond acceptors (Lipinski definition) is 5. The number of aliphatic hydroxyl groups is 1. The lowest BCUT2D eigenvalue weighted by Crippen LogP contribution is -2.43. The molecule has 0 aliphatic heterocycles. The normalized spacial score (nSPS) is 10.8. The predicted octanol–water partition coefficient (Wildman–Crippen LogP) is 0.801. The maximum Gasteiger partial charge on any atom is 0.307 e. The Kier molecular flexibility index (Phi) is 6.10. The summed E-state index contributed by atoms with van der Waals surface area (Å²) in [5.74, 6) is -0.203. The molecule has 0 spiro atoms. The molecule has 0 aliphatic carbocycles. The second-order valence-electron chi connectivity index (χ2n) is 4.43. The number of aliphatic hydroxyl groups excluding tert-OH is 1. The summed E-state index contributed by atoms with van der Waals surface area (Å²) in [5.41, 5.74) is -0.144. The van der Waals surface area contributed by atoms with E-state index in [1.807, 2.05) is 13.8 Å². The first kappa shape index (κ1) is 16.1. The van der Waals surface area contributed by atoms with Crippen LogP contribution in [-0.2, 0) is 11.3 Å². The molecule has 1 rings (SSSR count). The van der Waals surface area contributed by atoms with E-state index in [0.717, 1.165) is 19.0 Å². The van der Waals surface area contributed by atoms with Crippen LogP contribution >= 0.6 is 0 Å². The van der Waals surface area contributed by atoms with Crippen molar-refractivity contribution in [3.8, 4) is 0 Å². The van der Waals surface area contributed by atoms with Crippen molar-refractivity contribution in [1.29, 1.82) is 0 Å². The molecule has 1 heterocycles. The maximum atomic E-state index is 12.2. The van der Waals surface area contributed by atoms with Crippen molar-refractivity contribution in [2.24, 2.45) is 0 Å². The van der Waals surface area contributed by atoms with Crippen LogP contribution in [0.3, 0.4) is 0 Å². The second-order valence-corrected chi connectivity index (χ2v) is 4.43. The van der Waals surface area contributed by atoms with Crippen molar-refractivity contribution < 1.29 is 14.8 Å². The zero-order chi connectivity index (χ0) is 15.1. The number of hydrogen-bond donors (Lipinski definition) is 1. The molecular weight excluding hydrogens is 264 g/mol. The third-order valence-corrected chi connectivity index (χ3v) is 3.17. The molecule has 0 radical (unpaired) electrons. The van der Waals surface area contributed by atoms with E-state index in [1.165, 1.54) is 10.9 Å². The van der Waals surface area contributed by atoms with Crippen LogP contribution in [0.25, 0.3) is 0 Å². The van der Waals surface area contributed by atoms with E-state index >= 15 is 0 Å². The van der Waals surface area contributed by atoms with E-state index in [-0.39, 0.29) is 37.3 Å². The van der Waals surface area contributed by atoms with E-state index in [4.69, 9.17) is 5.11 Å². The van der Waals surface area contributed by atoms with E-state index in [1.54, 1.807) is 4.90 Å². The van der Waals surface area contributed by atoms with Gasteiger partial charge in [-0.15, -0.1) is 0 Å².